The Morgan fingerprint density at radius 1 is 1.31 bits per heavy atom. The minimum atomic E-state index is -0.198. The maximum atomic E-state index is 12.5. The van der Waals surface area contributed by atoms with Crippen molar-refractivity contribution in [2.75, 3.05) is 0 Å². The van der Waals surface area contributed by atoms with Gasteiger partial charge in [-0.1, -0.05) is 0 Å². The second kappa shape index (κ2) is 6.36. The van der Waals surface area contributed by atoms with Crippen LogP contribution in [0.3, 0.4) is 0 Å². The van der Waals surface area contributed by atoms with Gasteiger partial charge < -0.3 is 14.5 Å². The first-order valence-corrected chi connectivity index (χ1v) is 8.79. The summed E-state index contributed by atoms with van der Waals surface area (Å²) < 4.78 is 3.73. The van der Waals surface area contributed by atoms with E-state index in [9.17, 15) is 9.59 Å². The summed E-state index contributed by atoms with van der Waals surface area (Å²) in [6, 6.07) is 5.21. The molecule has 1 N–H and O–H groups in total. The molecule has 1 aromatic carbocycles. The zero-order valence-electron chi connectivity index (χ0n) is 14.8. The molecule has 8 nitrogen and oxygen atoms in total. The van der Waals surface area contributed by atoms with Crippen LogP contribution in [0.4, 0.5) is 0 Å². The molecule has 0 spiro atoms. The zero-order chi connectivity index (χ0) is 18.3. The van der Waals surface area contributed by atoms with Crippen LogP contribution in [0.5, 0.6) is 0 Å². The lowest BCUT2D eigenvalue weighted by atomic mass is 10.1. The van der Waals surface area contributed by atoms with E-state index in [1.165, 1.54) is 0 Å². The molecule has 0 unspecified atom stereocenters. The summed E-state index contributed by atoms with van der Waals surface area (Å²) >= 11 is 0. The molecule has 0 radical (unpaired) electrons. The number of benzene rings is 1. The van der Waals surface area contributed by atoms with Crippen molar-refractivity contribution < 1.29 is 4.79 Å². The molecule has 26 heavy (non-hydrogen) atoms. The highest BCUT2D eigenvalue weighted by Crippen LogP contribution is 2.15. The molecule has 1 aliphatic rings. The van der Waals surface area contributed by atoms with E-state index >= 15 is 0 Å². The van der Waals surface area contributed by atoms with Gasteiger partial charge in [0.25, 0.3) is 11.5 Å². The Balaban J connectivity index is 1.59. The van der Waals surface area contributed by atoms with E-state index < -0.39 is 0 Å². The predicted molar refractivity (Wildman–Crippen MR) is 95.9 cm³/mol. The van der Waals surface area contributed by atoms with E-state index in [0.29, 0.717) is 29.9 Å². The largest absolute Gasteiger partial charge is 0.345 e. The number of fused-ring (bicyclic) bond motifs is 2. The van der Waals surface area contributed by atoms with Crippen molar-refractivity contribution in [3.05, 3.63) is 51.5 Å². The van der Waals surface area contributed by atoms with Crippen molar-refractivity contribution in [2.24, 2.45) is 0 Å². The summed E-state index contributed by atoms with van der Waals surface area (Å²) in [6.45, 7) is 5.40. The number of hydrogen-bond acceptors (Lipinski definition) is 5. The van der Waals surface area contributed by atoms with E-state index in [4.69, 9.17) is 0 Å². The third kappa shape index (κ3) is 2.67. The highest BCUT2D eigenvalue weighted by Gasteiger charge is 2.18. The van der Waals surface area contributed by atoms with Gasteiger partial charge in [0, 0.05) is 25.1 Å². The molecule has 1 amide bonds. The molecular formula is C18H20N6O2. The third-order valence-corrected chi connectivity index (χ3v) is 4.78. The summed E-state index contributed by atoms with van der Waals surface area (Å²) in [5, 5.41) is 11.2. The van der Waals surface area contributed by atoms with Crippen LogP contribution in [-0.2, 0) is 26.1 Å². The Kier molecular flexibility index (Phi) is 4.02. The van der Waals surface area contributed by atoms with Crippen LogP contribution in [0, 0.1) is 6.92 Å². The van der Waals surface area contributed by atoms with Gasteiger partial charge in [-0.2, -0.15) is 0 Å². The summed E-state index contributed by atoms with van der Waals surface area (Å²) in [7, 11) is 0. The molecule has 0 atom stereocenters. The van der Waals surface area contributed by atoms with Crippen LogP contribution in [0.25, 0.3) is 11.0 Å². The fourth-order valence-electron chi connectivity index (χ4n) is 3.43. The summed E-state index contributed by atoms with van der Waals surface area (Å²) in [6.07, 6.45) is 2.01. The zero-order valence-corrected chi connectivity index (χ0v) is 14.8. The highest BCUT2D eigenvalue weighted by molar-refractivity contribution is 5.97. The highest BCUT2D eigenvalue weighted by atomic mass is 16.1. The number of carbonyl (C=O) groups is 1. The van der Waals surface area contributed by atoms with Gasteiger partial charge in [0.15, 0.2) is 5.82 Å². The van der Waals surface area contributed by atoms with Gasteiger partial charge in [0.05, 0.1) is 17.6 Å². The van der Waals surface area contributed by atoms with Crippen molar-refractivity contribution in [3.63, 3.8) is 0 Å². The molecule has 4 rings (SSSR count). The van der Waals surface area contributed by atoms with Gasteiger partial charge in [-0.25, -0.2) is 4.98 Å². The first-order chi connectivity index (χ1) is 12.6. The molecule has 3 aromatic rings. The number of amides is 1. The fraction of sp³-hybridized carbons (Fsp3) is 0.389. The van der Waals surface area contributed by atoms with E-state index in [0.717, 1.165) is 36.6 Å². The molecule has 8 heteroatoms. The normalized spacial score (nSPS) is 13.2. The minimum absolute atomic E-state index is 0.0992. The predicted octanol–water partition coefficient (Wildman–Crippen LogP) is 1.19. The van der Waals surface area contributed by atoms with Gasteiger partial charge >= 0.3 is 0 Å². The molecule has 0 fully saturated rings. The van der Waals surface area contributed by atoms with Crippen molar-refractivity contribution in [1.29, 1.82) is 0 Å². The lowest BCUT2D eigenvalue weighted by molar-refractivity contribution is 0.0949. The number of rotatable bonds is 4. The Bertz CT molecular complexity index is 1070. The standard InChI is InChI=1S/C18H20N6O2/c1-3-23-14-7-6-12(9-13(14)20-11(2)18(23)26)17(25)19-10-16-22-21-15-5-4-8-24(15)16/h6-7,9H,3-5,8,10H2,1-2H3,(H,19,25). The van der Waals surface area contributed by atoms with Crippen LogP contribution >= 0.6 is 0 Å². The van der Waals surface area contributed by atoms with Crippen LogP contribution in [0.2, 0.25) is 0 Å². The van der Waals surface area contributed by atoms with Crippen LogP contribution < -0.4 is 10.9 Å². The van der Waals surface area contributed by atoms with Crippen LogP contribution in [0.1, 0.15) is 41.0 Å². The average Bonchev–Trinajstić information content (AvgIpc) is 3.24. The first-order valence-electron chi connectivity index (χ1n) is 8.79. The summed E-state index contributed by atoms with van der Waals surface area (Å²) in [4.78, 5) is 29.0. The van der Waals surface area contributed by atoms with Gasteiger partial charge in [-0.3, -0.25) is 9.59 Å². The molecular weight excluding hydrogens is 332 g/mol. The SMILES string of the molecule is CCn1c(=O)c(C)nc2cc(C(=O)NCc3nnc4n3CCC4)ccc21. The number of hydrogen-bond donors (Lipinski definition) is 1. The number of nitrogens with zero attached hydrogens (tertiary/aromatic N) is 5. The lowest BCUT2D eigenvalue weighted by Gasteiger charge is -2.10. The fourth-order valence-corrected chi connectivity index (χ4v) is 3.43. The van der Waals surface area contributed by atoms with E-state index in [-0.39, 0.29) is 11.5 Å². The second-order valence-electron chi connectivity index (χ2n) is 6.42. The molecule has 0 bridgehead atoms. The topological polar surface area (TPSA) is 94.7 Å². The molecule has 1 aliphatic heterocycles. The van der Waals surface area contributed by atoms with E-state index in [1.54, 1.807) is 29.7 Å². The molecule has 134 valence electrons. The maximum Gasteiger partial charge on any atom is 0.272 e. The Labute approximate surface area is 149 Å². The van der Waals surface area contributed by atoms with Gasteiger partial charge in [-0.15, -0.1) is 10.2 Å². The third-order valence-electron chi connectivity index (χ3n) is 4.78. The van der Waals surface area contributed by atoms with Gasteiger partial charge in [0.2, 0.25) is 0 Å². The Morgan fingerprint density at radius 3 is 2.96 bits per heavy atom. The first kappa shape index (κ1) is 16.4. The summed E-state index contributed by atoms with van der Waals surface area (Å²) in [5.74, 6) is 1.56. The Hall–Kier alpha value is -3.03. The maximum absolute atomic E-state index is 12.5. The van der Waals surface area contributed by atoms with E-state index in [1.807, 2.05) is 6.92 Å². The van der Waals surface area contributed by atoms with Crippen molar-refractivity contribution in [3.8, 4) is 0 Å². The summed E-state index contributed by atoms with van der Waals surface area (Å²) in [5.41, 5.74) is 2.20. The quantitative estimate of drug-likeness (QED) is 0.761. The van der Waals surface area contributed by atoms with Crippen molar-refractivity contribution in [2.45, 2.75) is 46.3 Å². The van der Waals surface area contributed by atoms with Gasteiger partial charge in [-0.05, 0) is 38.5 Å². The van der Waals surface area contributed by atoms with Crippen LogP contribution in [0.15, 0.2) is 23.0 Å². The number of aryl methyl sites for hydroxylation is 3. The van der Waals surface area contributed by atoms with Gasteiger partial charge in [0.1, 0.15) is 11.5 Å². The number of carbonyl (C=O) groups excluding carboxylic acids is 1. The lowest BCUT2D eigenvalue weighted by Crippen LogP contribution is -2.26. The molecule has 3 heterocycles. The number of nitrogens with one attached hydrogen (secondary N) is 1. The van der Waals surface area contributed by atoms with Crippen molar-refractivity contribution in [1.82, 2.24) is 29.6 Å². The van der Waals surface area contributed by atoms with Crippen molar-refractivity contribution >= 4 is 16.9 Å². The molecule has 0 saturated carbocycles. The Morgan fingerprint density at radius 2 is 2.15 bits per heavy atom. The monoisotopic (exact) mass is 352 g/mol. The molecule has 0 saturated heterocycles. The van der Waals surface area contributed by atoms with E-state index in [2.05, 4.69) is 25.1 Å². The molecule has 2 aromatic heterocycles. The second-order valence-corrected chi connectivity index (χ2v) is 6.42. The minimum Gasteiger partial charge on any atom is -0.345 e. The average molecular weight is 352 g/mol. The number of aromatic nitrogens is 5. The smallest absolute Gasteiger partial charge is 0.272 e. The van der Waals surface area contributed by atoms with Crippen LogP contribution in [-0.4, -0.2) is 30.2 Å². The molecule has 0 aliphatic carbocycles.